The molecule has 0 aliphatic rings. The minimum atomic E-state index is -0.152. The van der Waals surface area contributed by atoms with Crippen molar-refractivity contribution in [3.8, 4) is 0 Å². The highest BCUT2D eigenvalue weighted by Gasteiger charge is 1.98. The van der Waals surface area contributed by atoms with Gasteiger partial charge in [-0.15, -0.1) is 0 Å². The second-order valence-corrected chi connectivity index (χ2v) is 4.61. The average molecular weight is 327 g/mol. The van der Waals surface area contributed by atoms with Crippen molar-refractivity contribution in [1.82, 2.24) is 9.97 Å². The lowest BCUT2D eigenvalue weighted by Gasteiger charge is -2.05. The minimum Gasteiger partial charge on any atom is -0.326 e. The second kappa shape index (κ2) is 4.65. The Morgan fingerprint density at radius 1 is 1.31 bits per heavy atom. The van der Waals surface area contributed by atoms with Crippen molar-refractivity contribution >= 4 is 34.2 Å². The zero-order chi connectivity index (χ0) is 11.5. The van der Waals surface area contributed by atoms with Crippen molar-refractivity contribution in [2.75, 3.05) is 5.32 Å². The van der Waals surface area contributed by atoms with Crippen LogP contribution in [0.15, 0.2) is 35.1 Å². The van der Waals surface area contributed by atoms with Gasteiger partial charge in [-0.25, -0.2) is 4.98 Å². The fourth-order valence-electron chi connectivity index (χ4n) is 1.31. The van der Waals surface area contributed by atoms with E-state index >= 15 is 0 Å². The number of halogens is 1. The van der Waals surface area contributed by atoms with Crippen LogP contribution in [0.25, 0.3) is 0 Å². The molecule has 1 aromatic carbocycles. The standard InChI is InChI=1S/C11H10IN3O/c1-7-6-10(16)15-11(13-7)14-9-4-2-8(12)3-5-9/h2-6H,1H3,(H2,13,14,15,16). The van der Waals surface area contributed by atoms with Gasteiger partial charge in [0.05, 0.1) is 0 Å². The topological polar surface area (TPSA) is 57.8 Å². The molecule has 0 unspecified atom stereocenters. The van der Waals surface area contributed by atoms with Crippen LogP contribution in [0, 0.1) is 10.5 Å². The van der Waals surface area contributed by atoms with Gasteiger partial charge in [0.15, 0.2) is 0 Å². The van der Waals surface area contributed by atoms with Crippen LogP contribution in [0.1, 0.15) is 5.69 Å². The fraction of sp³-hybridized carbons (Fsp3) is 0.0909. The maximum Gasteiger partial charge on any atom is 0.252 e. The van der Waals surface area contributed by atoms with Crippen molar-refractivity contribution < 1.29 is 0 Å². The third-order valence-corrected chi connectivity index (χ3v) is 2.70. The summed E-state index contributed by atoms with van der Waals surface area (Å²) in [6.45, 7) is 1.79. The van der Waals surface area contributed by atoms with Gasteiger partial charge in [-0.05, 0) is 53.8 Å². The van der Waals surface area contributed by atoms with E-state index in [9.17, 15) is 4.79 Å². The van der Waals surface area contributed by atoms with Crippen LogP contribution in [-0.4, -0.2) is 9.97 Å². The number of nitrogens with zero attached hydrogens (tertiary/aromatic N) is 1. The molecular weight excluding hydrogens is 317 g/mol. The maximum absolute atomic E-state index is 11.2. The first kappa shape index (κ1) is 11.1. The molecule has 0 fully saturated rings. The average Bonchev–Trinajstić information content (AvgIpc) is 2.20. The van der Waals surface area contributed by atoms with Crippen LogP contribution >= 0.6 is 22.6 Å². The van der Waals surface area contributed by atoms with Crippen molar-refractivity contribution in [1.29, 1.82) is 0 Å². The molecule has 82 valence electrons. The summed E-state index contributed by atoms with van der Waals surface area (Å²) in [5, 5.41) is 3.04. The van der Waals surface area contributed by atoms with E-state index in [1.807, 2.05) is 24.3 Å². The molecule has 0 bridgehead atoms. The van der Waals surface area contributed by atoms with Crippen molar-refractivity contribution in [2.45, 2.75) is 6.92 Å². The Morgan fingerprint density at radius 3 is 2.62 bits per heavy atom. The van der Waals surface area contributed by atoms with Crippen LogP contribution in [-0.2, 0) is 0 Å². The molecule has 0 saturated heterocycles. The lowest BCUT2D eigenvalue weighted by atomic mass is 10.3. The highest BCUT2D eigenvalue weighted by atomic mass is 127. The van der Waals surface area contributed by atoms with Gasteiger partial charge in [0.25, 0.3) is 5.56 Å². The number of aromatic nitrogens is 2. The van der Waals surface area contributed by atoms with E-state index < -0.39 is 0 Å². The minimum absolute atomic E-state index is 0.152. The van der Waals surface area contributed by atoms with E-state index in [-0.39, 0.29) is 5.56 Å². The zero-order valence-corrected chi connectivity index (χ0v) is 10.8. The molecule has 0 spiro atoms. The van der Waals surface area contributed by atoms with Gasteiger partial charge in [-0.3, -0.25) is 9.78 Å². The Labute approximate surface area is 106 Å². The van der Waals surface area contributed by atoms with E-state index in [2.05, 4.69) is 37.9 Å². The third kappa shape index (κ3) is 2.82. The molecule has 4 nitrogen and oxygen atoms in total. The molecule has 0 saturated carbocycles. The summed E-state index contributed by atoms with van der Waals surface area (Å²) < 4.78 is 1.16. The molecule has 1 heterocycles. The van der Waals surface area contributed by atoms with Gasteiger partial charge < -0.3 is 5.32 Å². The highest BCUT2D eigenvalue weighted by molar-refractivity contribution is 14.1. The number of hydrogen-bond acceptors (Lipinski definition) is 3. The molecule has 0 aliphatic heterocycles. The maximum atomic E-state index is 11.2. The first-order valence-corrected chi connectivity index (χ1v) is 5.82. The Balaban J connectivity index is 2.26. The van der Waals surface area contributed by atoms with Crippen LogP contribution < -0.4 is 10.9 Å². The van der Waals surface area contributed by atoms with Gasteiger partial charge in [-0.2, -0.15) is 0 Å². The predicted octanol–water partition coefficient (Wildman–Crippen LogP) is 2.43. The summed E-state index contributed by atoms with van der Waals surface area (Å²) in [6.07, 6.45) is 0. The summed E-state index contributed by atoms with van der Waals surface area (Å²) in [7, 11) is 0. The van der Waals surface area contributed by atoms with Crippen molar-refractivity contribution in [3.63, 3.8) is 0 Å². The molecule has 2 aromatic rings. The monoisotopic (exact) mass is 327 g/mol. The lowest BCUT2D eigenvalue weighted by molar-refractivity contribution is 1.07. The van der Waals surface area contributed by atoms with Gasteiger partial charge in [0, 0.05) is 21.0 Å². The molecule has 16 heavy (non-hydrogen) atoms. The van der Waals surface area contributed by atoms with Gasteiger partial charge in [0.2, 0.25) is 5.95 Å². The van der Waals surface area contributed by atoms with E-state index in [0.717, 1.165) is 9.26 Å². The number of aryl methyl sites for hydroxylation is 1. The quantitative estimate of drug-likeness (QED) is 0.833. The molecule has 2 N–H and O–H groups in total. The Bertz CT molecular complexity index is 548. The summed E-state index contributed by atoms with van der Waals surface area (Å²) in [5.41, 5.74) is 1.44. The highest BCUT2D eigenvalue weighted by Crippen LogP contribution is 2.14. The van der Waals surface area contributed by atoms with E-state index in [1.165, 1.54) is 6.07 Å². The van der Waals surface area contributed by atoms with E-state index in [1.54, 1.807) is 6.92 Å². The second-order valence-electron chi connectivity index (χ2n) is 3.37. The smallest absolute Gasteiger partial charge is 0.252 e. The number of anilines is 2. The van der Waals surface area contributed by atoms with Gasteiger partial charge in [0.1, 0.15) is 0 Å². The first-order valence-electron chi connectivity index (χ1n) is 4.74. The largest absolute Gasteiger partial charge is 0.326 e. The SMILES string of the molecule is Cc1cc(=O)[nH]c(Nc2ccc(I)cc2)n1. The van der Waals surface area contributed by atoms with Gasteiger partial charge in [-0.1, -0.05) is 0 Å². The molecule has 0 radical (unpaired) electrons. The van der Waals surface area contributed by atoms with Crippen LogP contribution in [0.4, 0.5) is 11.6 Å². The van der Waals surface area contributed by atoms with E-state index in [4.69, 9.17) is 0 Å². The molecule has 5 heteroatoms. The molecule has 1 aromatic heterocycles. The van der Waals surface area contributed by atoms with E-state index in [0.29, 0.717) is 11.6 Å². The normalized spacial score (nSPS) is 10.1. The number of benzene rings is 1. The number of aromatic amines is 1. The number of rotatable bonds is 2. The van der Waals surface area contributed by atoms with Crippen LogP contribution in [0.5, 0.6) is 0 Å². The first-order chi connectivity index (χ1) is 7.63. The van der Waals surface area contributed by atoms with Gasteiger partial charge >= 0.3 is 0 Å². The molecular formula is C11H10IN3O. The van der Waals surface area contributed by atoms with Crippen molar-refractivity contribution in [3.05, 3.63) is 49.9 Å². The Kier molecular flexibility index (Phi) is 3.23. The fourth-order valence-corrected chi connectivity index (χ4v) is 1.67. The number of nitrogens with one attached hydrogen (secondary N) is 2. The van der Waals surface area contributed by atoms with Crippen molar-refractivity contribution in [2.24, 2.45) is 0 Å². The number of hydrogen-bond donors (Lipinski definition) is 2. The molecule has 0 atom stereocenters. The lowest BCUT2D eigenvalue weighted by Crippen LogP contribution is -2.10. The summed E-state index contributed by atoms with van der Waals surface area (Å²) in [4.78, 5) is 18.0. The summed E-state index contributed by atoms with van der Waals surface area (Å²) >= 11 is 2.24. The third-order valence-electron chi connectivity index (χ3n) is 1.98. The summed E-state index contributed by atoms with van der Waals surface area (Å²) in [6, 6.07) is 9.29. The molecule has 0 aliphatic carbocycles. The number of H-pyrrole nitrogens is 1. The summed E-state index contributed by atoms with van der Waals surface area (Å²) in [5.74, 6) is 0.464. The molecule has 0 amide bonds. The van der Waals surface area contributed by atoms with Crippen LogP contribution in [0.2, 0.25) is 0 Å². The van der Waals surface area contributed by atoms with Crippen LogP contribution in [0.3, 0.4) is 0 Å². The Hall–Kier alpha value is -1.37. The molecule has 2 rings (SSSR count). The Morgan fingerprint density at radius 2 is 2.00 bits per heavy atom. The predicted molar refractivity (Wildman–Crippen MR) is 72.0 cm³/mol. The zero-order valence-electron chi connectivity index (χ0n) is 8.62.